The van der Waals surface area contributed by atoms with E-state index in [1.807, 2.05) is 64.3 Å². The Morgan fingerprint density at radius 1 is 1.21 bits per heavy atom. The molecule has 1 aromatic heterocycles. The lowest BCUT2D eigenvalue weighted by Crippen LogP contribution is -2.05. The lowest BCUT2D eigenvalue weighted by atomic mass is 10.2. The van der Waals surface area contributed by atoms with Crippen molar-refractivity contribution < 1.29 is 4.74 Å². The zero-order valence-electron chi connectivity index (χ0n) is 15.8. The summed E-state index contributed by atoms with van der Waals surface area (Å²) in [5.41, 5.74) is 1.23. The van der Waals surface area contributed by atoms with E-state index in [2.05, 4.69) is 33.1 Å². The molecule has 0 saturated heterocycles. The van der Waals surface area contributed by atoms with Gasteiger partial charge in [-0.1, -0.05) is 61.9 Å². The SMILES string of the molecule is C/C=C\C(=C/C)Cn1cncc1OC1=CC=C(Br)CC1.CC.CC. The number of ether oxygens (including phenoxy) is 1. The summed E-state index contributed by atoms with van der Waals surface area (Å²) in [6, 6.07) is 0. The number of imidazole rings is 1. The fraction of sp³-hybridized carbons (Fsp3) is 0.450. The summed E-state index contributed by atoms with van der Waals surface area (Å²) >= 11 is 3.50. The van der Waals surface area contributed by atoms with Crippen molar-refractivity contribution in [2.75, 3.05) is 0 Å². The monoisotopic (exact) mass is 394 g/mol. The summed E-state index contributed by atoms with van der Waals surface area (Å²) in [6.45, 7) is 12.8. The number of halogens is 1. The van der Waals surface area contributed by atoms with Crippen LogP contribution in [0.4, 0.5) is 0 Å². The molecule has 0 aliphatic heterocycles. The number of allylic oxidation sites excluding steroid dienone is 8. The van der Waals surface area contributed by atoms with Crippen LogP contribution in [0.5, 0.6) is 5.88 Å². The quantitative estimate of drug-likeness (QED) is 0.513. The van der Waals surface area contributed by atoms with E-state index >= 15 is 0 Å². The van der Waals surface area contributed by atoms with E-state index in [1.165, 1.54) is 10.1 Å². The normalized spacial score (nSPS) is 14.0. The van der Waals surface area contributed by atoms with Crippen molar-refractivity contribution in [3.05, 3.63) is 58.7 Å². The minimum Gasteiger partial charge on any atom is -0.443 e. The van der Waals surface area contributed by atoms with Gasteiger partial charge in [0, 0.05) is 6.42 Å². The van der Waals surface area contributed by atoms with Crippen molar-refractivity contribution in [1.82, 2.24) is 9.55 Å². The molecule has 3 nitrogen and oxygen atoms in total. The van der Waals surface area contributed by atoms with Gasteiger partial charge in [-0.2, -0.15) is 0 Å². The largest absolute Gasteiger partial charge is 0.443 e. The molecule has 0 bridgehead atoms. The van der Waals surface area contributed by atoms with Crippen LogP contribution in [0.15, 0.2) is 58.7 Å². The van der Waals surface area contributed by atoms with Gasteiger partial charge < -0.3 is 4.74 Å². The molecular weight excluding hydrogens is 364 g/mol. The summed E-state index contributed by atoms with van der Waals surface area (Å²) in [6.07, 6.45) is 15.7. The molecule has 0 saturated carbocycles. The van der Waals surface area contributed by atoms with Gasteiger partial charge in [0.15, 0.2) is 0 Å². The van der Waals surface area contributed by atoms with Gasteiger partial charge in [-0.25, -0.2) is 4.98 Å². The molecular formula is C20H31BrN2O. The highest BCUT2D eigenvalue weighted by Crippen LogP contribution is 2.25. The summed E-state index contributed by atoms with van der Waals surface area (Å²) < 4.78 is 9.17. The number of rotatable bonds is 5. The highest BCUT2D eigenvalue weighted by molar-refractivity contribution is 9.11. The highest BCUT2D eigenvalue weighted by atomic mass is 79.9. The van der Waals surface area contributed by atoms with Crippen molar-refractivity contribution in [2.45, 2.75) is 60.9 Å². The summed E-state index contributed by atoms with van der Waals surface area (Å²) in [4.78, 5) is 4.18. The van der Waals surface area contributed by atoms with Crippen LogP contribution in [0.25, 0.3) is 0 Å². The molecule has 0 unspecified atom stereocenters. The fourth-order valence-electron chi connectivity index (χ4n) is 1.98. The molecule has 0 spiro atoms. The summed E-state index contributed by atoms with van der Waals surface area (Å²) in [5, 5.41) is 0. The molecule has 0 atom stereocenters. The Labute approximate surface area is 156 Å². The van der Waals surface area contributed by atoms with Gasteiger partial charge in [0.25, 0.3) is 0 Å². The topological polar surface area (TPSA) is 27.1 Å². The highest BCUT2D eigenvalue weighted by Gasteiger charge is 2.10. The third kappa shape index (κ3) is 7.82. The van der Waals surface area contributed by atoms with Crippen molar-refractivity contribution in [3.8, 4) is 5.88 Å². The number of aromatic nitrogens is 2. The Morgan fingerprint density at radius 3 is 2.46 bits per heavy atom. The predicted octanol–water partition coefficient (Wildman–Crippen LogP) is 6.79. The molecule has 1 aliphatic rings. The molecule has 1 aromatic rings. The van der Waals surface area contributed by atoms with Crippen LogP contribution in [0.3, 0.4) is 0 Å². The third-order valence-electron chi connectivity index (χ3n) is 3.07. The first-order chi connectivity index (χ1) is 11.7. The van der Waals surface area contributed by atoms with Crippen LogP contribution in [0, 0.1) is 0 Å². The van der Waals surface area contributed by atoms with Crippen LogP contribution in [-0.2, 0) is 6.54 Å². The molecule has 24 heavy (non-hydrogen) atoms. The average molecular weight is 395 g/mol. The maximum atomic E-state index is 5.94. The molecule has 134 valence electrons. The van der Waals surface area contributed by atoms with E-state index in [4.69, 9.17) is 4.74 Å². The lowest BCUT2D eigenvalue weighted by Gasteiger charge is -2.14. The summed E-state index contributed by atoms with van der Waals surface area (Å²) in [7, 11) is 0. The van der Waals surface area contributed by atoms with Gasteiger partial charge in [0.05, 0.1) is 19.1 Å². The molecule has 0 radical (unpaired) electrons. The van der Waals surface area contributed by atoms with E-state index in [0.717, 1.165) is 31.0 Å². The number of hydrogen-bond acceptors (Lipinski definition) is 2. The minimum absolute atomic E-state index is 0.767. The predicted molar refractivity (Wildman–Crippen MR) is 108 cm³/mol. The Hall–Kier alpha value is -1.55. The van der Waals surface area contributed by atoms with Gasteiger partial charge in [0.2, 0.25) is 5.88 Å². The molecule has 2 rings (SSSR count). The van der Waals surface area contributed by atoms with Crippen LogP contribution in [0.1, 0.15) is 54.4 Å². The second kappa shape index (κ2) is 13.8. The molecule has 4 heteroatoms. The van der Waals surface area contributed by atoms with Gasteiger partial charge >= 0.3 is 0 Å². The second-order valence-corrected chi connectivity index (χ2v) is 5.59. The van der Waals surface area contributed by atoms with E-state index in [1.54, 1.807) is 12.5 Å². The van der Waals surface area contributed by atoms with Crippen molar-refractivity contribution in [1.29, 1.82) is 0 Å². The molecule has 0 N–H and O–H groups in total. The van der Waals surface area contributed by atoms with Gasteiger partial charge in [-0.3, -0.25) is 4.57 Å². The Balaban J connectivity index is 0.00000123. The van der Waals surface area contributed by atoms with E-state index < -0.39 is 0 Å². The smallest absolute Gasteiger partial charge is 0.219 e. The zero-order chi connectivity index (χ0) is 18.4. The average Bonchev–Trinajstić information content (AvgIpc) is 3.07. The standard InChI is InChI=1S/C16H19BrN2O.2C2H6/c1-3-5-13(4-2)11-19-12-18-10-16(19)20-15-8-6-14(17)7-9-15;2*1-2/h3-6,8,10,12H,7,9,11H2,1-2H3;2*1-2H3/b5-3-,13-4+;;. The minimum atomic E-state index is 0.767. The van der Waals surface area contributed by atoms with Crippen molar-refractivity contribution in [2.24, 2.45) is 0 Å². The Kier molecular flexibility index (Phi) is 13.0. The Morgan fingerprint density at radius 2 is 1.92 bits per heavy atom. The first kappa shape index (κ1) is 22.4. The van der Waals surface area contributed by atoms with E-state index in [-0.39, 0.29) is 0 Å². The van der Waals surface area contributed by atoms with Crippen LogP contribution < -0.4 is 4.74 Å². The maximum absolute atomic E-state index is 5.94. The molecule has 1 heterocycles. The van der Waals surface area contributed by atoms with Crippen LogP contribution in [-0.4, -0.2) is 9.55 Å². The number of nitrogens with zero attached hydrogens (tertiary/aromatic N) is 2. The zero-order valence-corrected chi connectivity index (χ0v) is 17.4. The van der Waals surface area contributed by atoms with Crippen LogP contribution in [0.2, 0.25) is 0 Å². The lowest BCUT2D eigenvalue weighted by molar-refractivity contribution is 0.369. The van der Waals surface area contributed by atoms with Crippen molar-refractivity contribution in [3.63, 3.8) is 0 Å². The van der Waals surface area contributed by atoms with Crippen LogP contribution >= 0.6 is 15.9 Å². The van der Waals surface area contributed by atoms with Gasteiger partial charge in [0.1, 0.15) is 5.76 Å². The third-order valence-corrected chi connectivity index (χ3v) is 3.74. The molecule has 0 amide bonds. The number of hydrogen-bond donors (Lipinski definition) is 0. The molecule has 1 aliphatic carbocycles. The maximum Gasteiger partial charge on any atom is 0.219 e. The van der Waals surface area contributed by atoms with E-state index in [0.29, 0.717) is 0 Å². The van der Waals surface area contributed by atoms with Crippen molar-refractivity contribution >= 4 is 15.9 Å². The molecule has 0 aromatic carbocycles. The summed E-state index contributed by atoms with van der Waals surface area (Å²) in [5.74, 6) is 1.76. The van der Waals surface area contributed by atoms with E-state index in [9.17, 15) is 0 Å². The fourth-order valence-corrected chi connectivity index (χ4v) is 2.31. The second-order valence-electron chi connectivity index (χ2n) is 4.57. The van der Waals surface area contributed by atoms with Gasteiger partial charge in [-0.05, 0) is 42.5 Å². The van der Waals surface area contributed by atoms with Gasteiger partial charge in [-0.15, -0.1) is 0 Å². The molecule has 0 fully saturated rings. The Bertz CT molecular complexity index is 580. The first-order valence-electron chi connectivity index (χ1n) is 8.74. The first-order valence-corrected chi connectivity index (χ1v) is 9.53.